The molecule has 2 nitrogen and oxygen atoms in total. The highest BCUT2D eigenvalue weighted by Crippen LogP contribution is 2.31. The number of aromatic nitrogens is 1. The molecule has 0 aliphatic rings. The second kappa shape index (κ2) is 4.64. The van der Waals surface area contributed by atoms with Crippen LogP contribution < -0.4 is 4.74 Å². The van der Waals surface area contributed by atoms with Crippen LogP contribution >= 0.6 is 22.9 Å². The van der Waals surface area contributed by atoms with Gasteiger partial charge in [0.1, 0.15) is 10.8 Å². The van der Waals surface area contributed by atoms with Crippen molar-refractivity contribution in [3.8, 4) is 16.3 Å². The Bertz CT molecular complexity index is 455. The van der Waals surface area contributed by atoms with Crippen molar-refractivity contribution in [2.45, 2.75) is 5.88 Å². The van der Waals surface area contributed by atoms with E-state index in [4.69, 9.17) is 16.3 Å². The zero-order valence-corrected chi connectivity index (χ0v) is 9.81. The first kappa shape index (κ1) is 10.5. The fourth-order valence-electron chi connectivity index (χ4n) is 1.31. The predicted octanol–water partition coefficient (Wildman–Crippen LogP) is 3.56. The summed E-state index contributed by atoms with van der Waals surface area (Å²) >= 11 is 7.30. The van der Waals surface area contributed by atoms with E-state index in [1.165, 1.54) is 0 Å². The number of hydrogen-bond donors (Lipinski definition) is 0. The third-order valence-electron chi connectivity index (χ3n) is 2.03. The van der Waals surface area contributed by atoms with Gasteiger partial charge < -0.3 is 4.74 Å². The van der Waals surface area contributed by atoms with Crippen molar-refractivity contribution in [3.63, 3.8) is 0 Å². The summed E-state index contributed by atoms with van der Waals surface area (Å²) < 4.78 is 5.28. The highest BCUT2D eigenvalue weighted by Gasteiger charge is 2.08. The first-order valence-electron chi connectivity index (χ1n) is 4.49. The van der Waals surface area contributed by atoms with Crippen molar-refractivity contribution >= 4 is 22.9 Å². The molecule has 0 aliphatic heterocycles. The second-order valence-corrected chi connectivity index (χ2v) is 4.10. The van der Waals surface area contributed by atoms with Gasteiger partial charge in [0.2, 0.25) is 0 Å². The van der Waals surface area contributed by atoms with Gasteiger partial charge >= 0.3 is 0 Å². The van der Waals surface area contributed by atoms with Gasteiger partial charge in [-0.25, -0.2) is 4.98 Å². The second-order valence-electron chi connectivity index (χ2n) is 2.98. The molecule has 0 radical (unpaired) electrons. The third kappa shape index (κ3) is 2.13. The molecule has 0 bridgehead atoms. The van der Waals surface area contributed by atoms with Crippen LogP contribution in [0.15, 0.2) is 29.6 Å². The lowest BCUT2D eigenvalue weighted by Gasteiger charge is -2.04. The molecule has 2 rings (SSSR count). The SMILES string of the molecule is COc1ccccc1-c1nc(CCl)cs1. The van der Waals surface area contributed by atoms with E-state index < -0.39 is 0 Å². The van der Waals surface area contributed by atoms with Crippen molar-refractivity contribution in [1.29, 1.82) is 0 Å². The Morgan fingerprint density at radius 3 is 2.87 bits per heavy atom. The standard InChI is InChI=1S/C11H10ClNOS/c1-14-10-5-3-2-4-9(10)11-13-8(6-12)7-15-11/h2-5,7H,6H2,1H3. The number of hydrogen-bond acceptors (Lipinski definition) is 3. The molecule has 0 unspecified atom stereocenters. The minimum Gasteiger partial charge on any atom is -0.496 e. The number of rotatable bonds is 3. The number of para-hydroxylation sites is 1. The van der Waals surface area contributed by atoms with E-state index in [2.05, 4.69) is 4.98 Å². The minimum atomic E-state index is 0.450. The molecule has 0 aliphatic carbocycles. The molecule has 2 aromatic rings. The van der Waals surface area contributed by atoms with Crippen molar-refractivity contribution < 1.29 is 4.74 Å². The minimum absolute atomic E-state index is 0.450. The van der Waals surface area contributed by atoms with Crippen LogP contribution in [0.25, 0.3) is 10.6 Å². The number of halogens is 1. The van der Waals surface area contributed by atoms with Crippen LogP contribution in [0.4, 0.5) is 0 Å². The Kier molecular flexibility index (Phi) is 3.23. The average Bonchev–Trinajstić information content (AvgIpc) is 2.77. The molecule has 78 valence electrons. The molecule has 15 heavy (non-hydrogen) atoms. The van der Waals surface area contributed by atoms with Gasteiger partial charge in [-0.15, -0.1) is 22.9 Å². The summed E-state index contributed by atoms with van der Waals surface area (Å²) in [4.78, 5) is 4.41. The van der Waals surface area contributed by atoms with E-state index in [1.54, 1.807) is 18.4 Å². The van der Waals surface area contributed by atoms with Crippen molar-refractivity contribution in [2.75, 3.05) is 7.11 Å². The Labute approximate surface area is 97.5 Å². The van der Waals surface area contributed by atoms with E-state index in [0.29, 0.717) is 5.88 Å². The van der Waals surface area contributed by atoms with Gasteiger partial charge in [0.25, 0.3) is 0 Å². The number of benzene rings is 1. The molecule has 0 spiro atoms. The van der Waals surface area contributed by atoms with Crippen LogP contribution in [0.2, 0.25) is 0 Å². The van der Waals surface area contributed by atoms with Gasteiger partial charge in [0.05, 0.1) is 24.2 Å². The number of alkyl halides is 1. The summed E-state index contributed by atoms with van der Waals surface area (Å²) in [5, 5.41) is 2.91. The summed E-state index contributed by atoms with van der Waals surface area (Å²) in [5.74, 6) is 1.29. The van der Waals surface area contributed by atoms with Crippen molar-refractivity contribution in [3.05, 3.63) is 35.3 Å². The number of nitrogens with zero attached hydrogens (tertiary/aromatic N) is 1. The lowest BCUT2D eigenvalue weighted by Crippen LogP contribution is -1.87. The van der Waals surface area contributed by atoms with Gasteiger partial charge in [0, 0.05) is 5.38 Å². The molecular weight excluding hydrogens is 230 g/mol. The molecule has 1 aromatic carbocycles. The van der Waals surface area contributed by atoms with Gasteiger partial charge in [0.15, 0.2) is 0 Å². The molecule has 0 atom stereocenters. The average molecular weight is 240 g/mol. The van der Waals surface area contributed by atoms with E-state index >= 15 is 0 Å². The fraction of sp³-hybridized carbons (Fsp3) is 0.182. The normalized spacial score (nSPS) is 10.3. The van der Waals surface area contributed by atoms with Crippen molar-refractivity contribution in [2.24, 2.45) is 0 Å². The Hall–Kier alpha value is -1.06. The smallest absolute Gasteiger partial charge is 0.129 e. The highest BCUT2D eigenvalue weighted by molar-refractivity contribution is 7.13. The maximum absolute atomic E-state index is 5.71. The van der Waals surface area contributed by atoms with Crippen LogP contribution in [0.3, 0.4) is 0 Å². The Morgan fingerprint density at radius 2 is 2.20 bits per heavy atom. The lowest BCUT2D eigenvalue weighted by molar-refractivity contribution is 0.416. The summed E-state index contributed by atoms with van der Waals surface area (Å²) in [6.07, 6.45) is 0. The topological polar surface area (TPSA) is 22.1 Å². The predicted molar refractivity (Wildman–Crippen MR) is 63.7 cm³/mol. The maximum atomic E-state index is 5.71. The van der Waals surface area contributed by atoms with E-state index in [1.807, 2.05) is 29.6 Å². The number of thiazole rings is 1. The molecule has 0 amide bonds. The van der Waals surface area contributed by atoms with Crippen LogP contribution in [0.5, 0.6) is 5.75 Å². The van der Waals surface area contributed by atoms with Crippen LogP contribution in [-0.4, -0.2) is 12.1 Å². The molecule has 0 fully saturated rings. The van der Waals surface area contributed by atoms with Crippen LogP contribution in [0, 0.1) is 0 Å². The fourth-order valence-corrected chi connectivity index (χ4v) is 2.39. The van der Waals surface area contributed by atoms with Gasteiger partial charge in [-0.05, 0) is 12.1 Å². The molecule has 1 aromatic heterocycles. The Morgan fingerprint density at radius 1 is 1.40 bits per heavy atom. The molecule has 4 heteroatoms. The first-order chi connectivity index (χ1) is 7.35. The zero-order chi connectivity index (χ0) is 10.7. The number of methoxy groups -OCH3 is 1. The first-order valence-corrected chi connectivity index (χ1v) is 5.90. The number of ether oxygens (including phenoxy) is 1. The van der Waals surface area contributed by atoms with Gasteiger partial charge in [-0.2, -0.15) is 0 Å². The largest absolute Gasteiger partial charge is 0.496 e. The van der Waals surface area contributed by atoms with Gasteiger partial charge in [-0.3, -0.25) is 0 Å². The lowest BCUT2D eigenvalue weighted by atomic mass is 10.2. The molecule has 0 N–H and O–H groups in total. The van der Waals surface area contributed by atoms with Crippen LogP contribution in [0.1, 0.15) is 5.69 Å². The van der Waals surface area contributed by atoms with Gasteiger partial charge in [-0.1, -0.05) is 12.1 Å². The van der Waals surface area contributed by atoms with E-state index in [0.717, 1.165) is 22.0 Å². The summed E-state index contributed by atoms with van der Waals surface area (Å²) in [6, 6.07) is 7.84. The molecule has 1 heterocycles. The molecular formula is C11H10ClNOS. The summed E-state index contributed by atoms with van der Waals surface area (Å²) in [6.45, 7) is 0. The van der Waals surface area contributed by atoms with E-state index in [9.17, 15) is 0 Å². The molecule has 0 saturated heterocycles. The quantitative estimate of drug-likeness (QED) is 0.765. The van der Waals surface area contributed by atoms with Crippen molar-refractivity contribution in [1.82, 2.24) is 4.98 Å². The summed E-state index contributed by atoms with van der Waals surface area (Å²) in [7, 11) is 1.66. The maximum Gasteiger partial charge on any atom is 0.129 e. The van der Waals surface area contributed by atoms with E-state index in [-0.39, 0.29) is 0 Å². The third-order valence-corrected chi connectivity index (χ3v) is 3.22. The monoisotopic (exact) mass is 239 g/mol. The Balaban J connectivity index is 2.44. The highest BCUT2D eigenvalue weighted by atomic mass is 35.5. The zero-order valence-electron chi connectivity index (χ0n) is 8.24. The summed E-state index contributed by atoms with van der Waals surface area (Å²) in [5.41, 5.74) is 1.92. The molecule has 0 saturated carbocycles. The van der Waals surface area contributed by atoms with Crippen LogP contribution in [-0.2, 0) is 5.88 Å².